The van der Waals surface area contributed by atoms with Crippen molar-refractivity contribution in [3.8, 4) is 5.75 Å². The van der Waals surface area contributed by atoms with Gasteiger partial charge in [-0.15, -0.1) is 13.2 Å². The SMILES string of the molecule is CC(CCC(CC(O)CCc1cccc(OC(F)(F)F)c1)C(=O)NO)C(N)=O. The molecular formula is C18H25F3N2O5. The Morgan fingerprint density at radius 3 is 2.50 bits per heavy atom. The van der Waals surface area contributed by atoms with Crippen LogP contribution in [-0.2, 0) is 16.0 Å². The van der Waals surface area contributed by atoms with E-state index < -0.39 is 36.1 Å². The number of halogens is 3. The maximum absolute atomic E-state index is 12.3. The Hall–Kier alpha value is -2.33. The van der Waals surface area contributed by atoms with Crippen LogP contribution in [0.25, 0.3) is 0 Å². The highest BCUT2D eigenvalue weighted by Crippen LogP contribution is 2.25. The smallest absolute Gasteiger partial charge is 0.406 e. The van der Waals surface area contributed by atoms with Gasteiger partial charge >= 0.3 is 6.36 Å². The molecule has 0 bridgehead atoms. The van der Waals surface area contributed by atoms with Crippen LogP contribution < -0.4 is 16.0 Å². The molecule has 0 fully saturated rings. The fraction of sp³-hybridized carbons (Fsp3) is 0.556. The van der Waals surface area contributed by atoms with Gasteiger partial charge in [-0.25, -0.2) is 5.48 Å². The molecule has 2 amide bonds. The highest BCUT2D eigenvalue weighted by atomic mass is 19.4. The number of hydrogen-bond donors (Lipinski definition) is 4. The quantitative estimate of drug-likeness (QED) is 0.332. The summed E-state index contributed by atoms with van der Waals surface area (Å²) in [5.41, 5.74) is 7.25. The van der Waals surface area contributed by atoms with E-state index in [1.807, 2.05) is 0 Å². The van der Waals surface area contributed by atoms with Crippen molar-refractivity contribution >= 4 is 11.8 Å². The summed E-state index contributed by atoms with van der Waals surface area (Å²) in [5.74, 6) is -2.73. The second kappa shape index (κ2) is 10.9. The zero-order valence-electron chi connectivity index (χ0n) is 15.4. The lowest BCUT2D eigenvalue weighted by Gasteiger charge is -2.20. The first-order valence-electron chi connectivity index (χ1n) is 8.77. The van der Waals surface area contributed by atoms with Crippen molar-refractivity contribution in [3.63, 3.8) is 0 Å². The number of nitrogens with two attached hydrogens (primary N) is 1. The first-order valence-corrected chi connectivity index (χ1v) is 8.77. The second-order valence-electron chi connectivity index (χ2n) is 6.68. The van der Waals surface area contributed by atoms with E-state index >= 15 is 0 Å². The van der Waals surface area contributed by atoms with Crippen LogP contribution in [0.4, 0.5) is 13.2 Å². The van der Waals surface area contributed by atoms with Crippen LogP contribution >= 0.6 is 0 Å². The molecule has 0 aromatic heterocycles. The molecule has 0 radical (unpaired) electrons. The standard InChI is InChI=1S/C18H25F3N2O5/c1-11(16(22)25)5-7-13(17(26)23-27)10-14(24)8-6-12-3-2-4-15(9-12)28-18(19,20)21/h2-4,9,11,13-14,24,27H,5-8,10H2,1H3,(H2,22,25)(H,23,26). The van der Waals surface area contributed by atoms with Gasteiger partial charge in [-0.1, -0.05) is 19.1 Å². The summed E-state index contributed by atoms with van der Waals surface area (Å²) in [6.45, 7) is 1.61. The third kappa shape index (κ3) is 9.05. The molecule has 1 aromatic rings. The van der Waals surface area contributed by atoms with Crippen molar-refractivity contribution in [1.82, 2.24) is 5.48 Å². The predicted octanol–water partition coefficient (Wildman–Crippen LogP) is 2.29. The van der Waals surface area contributed by atoms with E-state index in [1.165, 1.54) is 23.7 Å². The predicted molar refractivity (Wildman–Crippen MR) is 93.1 cm³/mol. The monoisotopic (exact) mass is 406 g/mol. The number of carbonyl (C=O) groups excluding carboxylic acids is 2. The second-order valence-corrected chi connectivity index (χ2v) is 6.68. The number of ether oxygens (including phenoxy) is 1. The molecule has 0 aliphatic carbocycles. The first-order chi connectivity index (χ1) is 13.0. The third-order valence-electron chi connectivity index (χ3n) is 4.37. The Bertz CT molecular complexity index is 654. The van der Waals surface area contributed by atoms with E-state index in [0.29, 0.717) is 12.0 Å². The van der Waals surface area contributed by atoms with E-state index in [1.54, 1.807) is 13.0 Å². The van der Waals surface area contributed by atoms with E-state index in [-0.39, 0.29) is 31.4 Å². The van der Waals surface area contributed by atoms with Crippen molar-refractivity contribution < 1.29 is 37.8 Å². The van der Waals surface area contributed by atoms with Gasteiger partial charge in [0, 0.05) is 11.8 Å². The molecule has 5 N–H and O–H groups in total. The molecule has 1 aromatic carbocycles. The summed E-state index contributed by atoms with van der Waals surface area (Å²) in [5, 5.41) is 19.0. The summed E-state index contributed by atoms with van der Waals surface area (Å²) >= 11 is 0. The number of carbonyl (C=O) groups is 2. The van der Waals surface area contributed by atoms with Gasteiger partial charge in [0.25, 0.3) is 0 Å². The summed E-state index contributed by atoms with van der Waals surface area (Å²) in [7, 11) is 0. The summed E-state index contributed by atoms with van der Waals surface area (Å²) < 4.78 is 40.7. The fourth-order valence-corrected chi connectivity index (χ4v) is 2.72. The molecule has 0 heterocycles. The number of amides is 2. The normalized spacial score (nSPS) is 14.8. The van der Waals surface area contributed by atoms with Gasteiger partial charge in [-0.05, 0) is 49.8 Å². The fourth-order valence-electron chi connectivity index (χ4n) is 2.72. The molecular weight excluding hydrogens is 381 g/mol. The number of alkyl halides is 3. The van der Waals surface area contributed by atoms with Gasteiger partial charge in [0.05, 0.1) is 6.10 Å². The number of primary amides is 1. The number of rotatable bonds is 11. The maximum Gasteiger partial charge on any atom is 0.573 e. The molecule has 1 rings (SSSR count). The van der Waals surface area contributed by atoms with E-state index in [9.17, 15) is 27.9 Å². The Labute approximate surface area is 160 Å². The van der Waals surface area contributed by atoms with Crippen LogP contribution in [-0.4, -0.2) is 34.6 Å². The highest BCUT2D eigenvalue weighted by Gasteiger charge is 2.31. The summed E-state index contributed by atoms with van der Waals surface area (Å²) in [4.78, 5) is 22.9. The topological polar surface area (TPSA) is 122 Å². The largest absolute Gasteiger partial charge is 0.573 e. The minimum absolute atomic E-state index is 0.0244. The number of nitrogens with one attached hydrogen (secondary N) is 1. The molecule has 0 saturated heterocycles. The Morgan fingerprint density at radius 2 is 1.93 bits per heavy atom. The van der Waals surface area contributed by atoms with Crippen molar-refractivity contribution in [2.45, 2.75) is 51.5 Å². The first kappa shape index (κ1) is 23.7. The summed E-state index contributed by atoms with van der Waals surface area (Å²) in [6, 6.07) is 5.42. The Kier molecular flexibility index (Phi) is 9.20. The molecule has 3 atom stereocenters. The zero-order chi connectivity index (χ0) is 21.3. The summed E-state index contributed by atoms with van der Waals surface area (Å²) in [6.07, 6.45) is -4.68. The van der Waals surface area contributed by atoms with E-state index in [2.05, 4.69) is 4.74 Å². The minimum Gasteiger partial charge on any atom is -0.406 e. The van der Waals surface area contributed by atoms with Crippen LogP contribution in [0, 0.1) is 11.8 Å². The number of benzene rings is 1. The number of aliphatic hydroxyl groups is 1. The van der Waals surface area contributed by atoms with Crippen LogP contribution in [0.2, 0.25) is 0 Å². The molecule has 158 valence electrons. The lowest BCUT2D eigenvalue weighted by Crippen LogP contribution is -2.32. The van der Waals surface area contributed by atoms with Crippen LogP contribution in [0.1, 0.15) is 38.2 Å². The van der Waals surface area contributed by atoms with Gasteiger partial charge in [-0.2, -0.15) is 0 Å². The highest BCUT2D eigenvalue weighted by molar-refractivity contribution is 5.78. The molecule has 3 unspecified atom stereocenters. The number of aliphatic hydroxyl groups excluding tert-OH is 1. The molecule has 28 heavy (non-hydrogen) atoms. The van der Waals surface area contributed by atoms with Crippen molar-refractivity contribution in [2.75, 3.05) is 0 Å². The number of hydroxylamine groups is 1. The molecule has 0 saturated carbocycles. The molecule has 0 spiro atoms. The van der Waals surface area contributed by atoms with Crippen molar-refractivity contribution in [3.05, 3.63) is 29.8 Å². The van der Waals surface area contributed by atoms with Gasteiger partial charge in [0.1, 0.15) is 5.75 Å². The average Bonchev–Trinajstić information content (AvgIpc) is 2.61. The van der Waals surface area contributed by atoms with Crippen LogP contribution in [0.5, 0.6) is 5.75 Å². The van der Waals surface area contributed by atoms with Gasteiger partial charge in [-0.3, -0.25) is 14.8 Å². The van der Waals surface area contributed by atoms with Gasteiger partial charge < -0.3 is 15.6 Å². The third-order valence-corrected chi connectivity index (χ3v) is 4.37. The average molecular weight is 406 g/mol. The van der Waals surface area contributed by atoms with Crippen molar-refractivity contribution in [2.24, 2.45) is 17.6 Å². The van der Waals surface area contributed by atoms with Crippen LogP contribution in [0.15, 0.2) is 24.3 Å². The maximum atomic E-state index is 12.3. The molecule has 10 heteroatoms. The lowest BCUT2D eigenvalue weighted by molar-refractivity contribution is -0.274. The van der Waals surface area contributed by atoms with Crippen LogP contribution in [0.3, 0.4) is 0 Å². The number of aryl methyl sites for hydroxylation is 1. The molecule has 7 nitrogen and oxygen atoms in total. The Morgan fingerprint density at radius 1 is 1.25 bits per heavy atom. The van der Waals surface area contributed by atoms with Crippen molar-refractivity contribution in [1.29, 1.82) is 0 Å². The number of hydrogen-bond acceptors (Lipinski definition) is 5. The zero-order valence-corrected chi connectivity index (χ0v) is 15.4. The van der Waals surface area contributed by atoms with E-state index in [4.69, 9.17) is 10.9 Å². The van der Waals surface area contributed by atoms with E-state index in [0.717, 1.165) is 0 Å². The molecule has 0 aliphatic rings. The molecule has 0 aliphatic heterocycles. The Balaban J connectivity index is 2.60. The lowest BCUT2D eigenvalue weighted by atomic mass is 9.90. The minimum atomic E-state index is -4.79. The van der Waals surface area contributed by atoms with Gasteiger partial charge in [0.2, 0.25) is 11.8 Å². The van der Waals surface area contributed by atoms with Gasteiger partial charge in [0.15, 0.2) is 0 Å².